The third-order valence-electron chi connectivity index (χ3n) is 2.55. The average molecular weight is 262 g/mol. The second-order valence-corrected chi connectivity index (χ2v) is 4.43. The van der Waals surface area contributed by atoms with Crippen molar-refractivity contribution in [2.75, 3.05) is 6.61 Å². The molecular formula is C14H14O5. The number of carbonyl (C=O) groups excluding carboxylic acids is 1. The summed E-state index contributed by atoms with van der Waals surface area (Å²) in [4.78, 5) is 22.8. The van der Waals surface area contributed by atoms with Crippen LogP contribution in [0.4, 0.5) is 0 Å². The summed E-state index contributed by atoms with van der Waals surface area (Å²) in [5, 5.41) is 8.70. The van der Waals surface area contributed by atoms with Crippen LogP contribution in [0.25, 0.3) is 0 Å². The third-order valence-corrected chi connectivity index (χ3v) is 2.55. The average Bonchev–Trinajstić information content (AvgIpc) is 2.32. The molecule has 5 heteroatoms. The number of para-hydroxylation sites is 1. The van der Waals surface area contributed by atoms with Crippen molar-refractivity contribution in [3.8, 4) is 11.5 Å². The quantitative estimate of drug-likeness (QED) is 0.844. The lowest BCUT2D eigenvalue weighted by atomic mass is 9.99. The molecule has 1 aliphatic heterocycles. The highest BCUT2D eigenvalue weighted by Crippen LogP contribution is 2.36. The Morgan fingerprint density at radius 3 is 2.84 bits per heavy atom. The minimum absolute atomic E-state index is 0.0406. The number of hydrogen-bond acceptors (Lipinski definition) is 4. The molecule has 1 N–H and O–H groups in total. The van der Waals surface area contributed by atoms with Crippen molar-refractivity contribution in [2.45, 2.75) is 20.0 Å². The van der Waals surface area contributed by atoms with E-state index in [0.717, 1.165) is 6.08 Å². The van der Waals surface area contributed by atoms with E-state index in [-0.39, 0.29) is 24.1 Å². The van der Waals surface area contributed by atoms with Crippen molar-refractivity contribution in [1.29, 1.82) is 0 Å². The van der Waals surface area contributed by atoms with Gasteiger partial charge in [0.15, 0.2) is 17.3 Å². The first-order valence-corrected chi connectivity index (χ1v) is 5.89. The van der Waals surface area contributed by atoms with E-state index in [1.54, 1.807) is 18.2 Å². The Bertz CT molecular complexity index is 557. The lowest BCUT2D eigenvalue weighted by Gasteiger charge is -2.22. The number of ketones is 1. The molecule has 2 rings (SSSR count). The first-order valence-electron chi connectivity index (χ1n) is 5.89. The molecule has 100 valence electrons. The van der Waals surface area contributed by atoms with Crippen molar-refractivity contribution in [3.05, 3.63) is 35.4 Å². The number of Topliss-reactive ketones (excluding diaryl/α,β-unsaturated/α-hetero) is 1. The molecule has 1 aromatic rings. The molecule has 1 aromatic carbocycles. The van der Waals surface area contributed by atoms with Crippen molar-refractivity contribution < 1.29 is 24.2 Å². The van der Waals surface area contributed by atoms with Gasteiger partial charge in [0.05, 0.1) is 11.7 Å². The van der Waals surface area contributed by atoms with E-state index in [0.29, 0.717) is 17.1 Å². The summed E-state index contributed by atoms with van der Waals surface area (Å²) in [7, 11) is 0. The Kier molecular flexibility index (Phi) is 3.55. The highest BCUT2D eigenvalue weighted by molar-refractivity contribution is 6.14. The molecule has 0 unspecified atom stereocenters. The fourth-order valence-corrected chi connectivity index (χ4v) is 1.83. The second kappa shape index (κ2) is 5.14. The van der Waals surface area contributed by atoms with Crippen LogP contribution in [-0.4, -0.2) is 29.6 Å². The van der Waals surface area contributed by atoms with E-state index in [2.05, 4.69) is 0 Å². The molecule has 0 amide bonds. The van der Waals surface area contributed by atoms with Gasteiger partial charge in [0.25, 0.3) is 0 Å². The molecule has 1 heterocycles. The molecule has 0 spiro atoms. The van der Waals surface area contributed by atoms with Gasteiger partial charge in [0.1, 0.15) is 6.61 Å². The van der Waals surface area contributed by atoms with Gasteiger partial charge in [-0.1, -0.05) is 6.07 Å². The maximum absolute atomic E-state index is 12.1. The minimum Gasteiger partial charge on any atom is -0.487 e. The van der Waals surface area contributed by atoms with E-state index >= 15 is 0 Å². The van der Waals surface area contributed by atoms with Crippen LogP contribution in [0, 0.1) is 0 Å². The fourth-order valence-electron chi connectivity index (χ4n) is 1.83. The lowest BCUT2D eigenvalue weighted by molar-refractivity contribution is -0.131. The van der Waals surface area contributed by atoms with E-state index in [1.165, 1.54) is 0 Å². The molecule has 0 atom stereocenters. The monoisotopic (exact) mass is 262 g/mol. The van der Waals surface area contributed by atoms with Crippen LogP contribution in [-0.2, 0) is 4.79 Å². The summed E-state index contributed by atoms with van der Waals surface area (Å²) in [5.74, 6) is -0.623. The van der Waals surface area contributed by atoms with Crippen molar-refractivity contribution in [2.24, 2.45) is 0 Å². The fraction of sp³-hybridized carbons (Fsp3) is 0.286. The van der Waals surface area contributed by atoms with Crippen molar-refractivity contribution >= 4 is 11.8 Å². The Morgan fingerprint density at radius 1 is 1.47 bits per heavy atom. The minimum atomic E-state index is -1.16. The first kappa shape index (κ1) is 13.1. The Morgan fingerprint density at radius 2 is 2.21 bits per heavy atom. The van der Waals surface area contributed by atoms with E-state index in [4.69, 9.17) is 14.6 Å². The SMILES string of the molecule is CC(C)Oc1cccc2c1OCC(=CC(=O)O)C2=O. The van der Waals surface area contributed by atoms with E-state index in [1.807, 2.05) is 13.8 Å². The second-order valence-electron chi connectivity index (χ2n) is 4.43. The van der Waals surface area contributed by atoms with Crippen LogP contribution in [0.5, 0.6) is 11.5 Å². The van der Waals surface area contributed by atoms with Crippen LogP contribution in [0.15, 0.2) is 29.8 Å². The lowest BCUT2D eigenvalue weighted by Crippen LogP contribution is -2.21. The van der Waals surface area contributed by atoms with Gasteiger partial charge in [-0.3, -0.25) is 4.79 Å². The normalized spacial score (nSPS) is 16.2. The molecule has 5 nitrogen and oxygen atoms in total. The van der Waals surface area contributed by atoms with Gasteiger partial charge in [0, 0.05) is 11.6 Å². The standard InChI is InChI=1S/C14H14O5/c1-8(2)19-11-5-3-4-10-13(17)9(6-12(15)16)7-18-14(10)11/h3-6,8H,7H2,1-2H3,(H,15,16). The maximum atomic E-state index is 12.1. The largest absolute Gasteiger partial charge is 0.487 e. The first-order chi connectivity index (χ1) is 8.99. The summed E-state index contributed by atoms with van der Waals surface area (Å²) in [5.41, 5.74) is 0.457. The molecule has 0 saturated heterocycles. The van der Waals surface area contributed by atoms with Crippen LogP contribution in [0.3, 0.4) is 0 Å². The topological polar surface area (TPSA) is 72.8 Å². The zero-order chi connectivity index (χ0) is 14.0. The number of rotatable bonds is 3. The smallest absolute Gasteiger partial charge is 0.328 e. The summed E-state index contributed by atoms with van der Waals surface area (Å²) < 4.78 is 11.0. The summed E-state index contributed by atoms with van der Waals surface area (Å²) >= 11 is 0. The number of aliphatic carboxylic acids is 1. The van der Waals surface area contributed by atoms with E-state index in [9.17, 15) is 9.59 Å². The van der Waals surface area contributed by atoms with Crippen LogP contribution >= 0.6 is 0 Å². The van der Waals surface area contributed by atoms with Gasteiger partial charge in [-0.15, -0.1) is 0 Å². The van der Waals surface area contributed by atoms with Crippen LogP contribution in [0.1, 0.15) is 24.2 Å². The number of fused-ring (bicyclic) bond motifs is 1. The predicted molar refractivity (Wildman–Crippen MR) is 67.8 cm³/mol. The molecule has 0 fully saturated rings. The molecular weight excluding hydrogens is 248 g/mol. The van der Waals surface area contributed by atoms with Gasteiger partial charge in [-0.2, -0.15) is 0 Å². The third kappa shape index (κ3) is 2.76. The van der Waals surface area contributed by atoms with E-state index < -0.39 is 5.97 Å². The molecule has 19 heavy (non-hydrogen) atoms. The Labute approximate surface area is 110 Å². The van der Waals surface area contributed by atoms with Gasteiger partial charge in [-0.05, 0) is 26.0 Å². The number of ether oxygens (including phenoxy) is 2. The molecule has 0 aromatic heterocycles. The summed E-state index contributed by atoms with van der Waals surface area (Å²) in [6.45, 7) is 3.69. The number of benzene rings is 1. The summed E-state index contributed by atoms with van der Waals surface area (Å²) in [6, 6.07) is 5.00. The Balaban J connectivity index is 2.41. The molecule has 0 bridgehead atoms. The number of carboxylic acids is 1. The maximum Gasteiger partial charge on any atom is 0.328 e. The van der Waals surface area contributed by atoms with Crippen molar-refractivity contribution in [3.63, 3.8) is 0 Å². The highest BCUT2D eigenvalue weighted by Gasteiger charge is 2.27. The highest BCUT2D eigenvalue weighted by atomic mass is 16.5. The van der Waals surface area contributed by atoms with Crippen LogP contribution < -0.4 is 9.47 Å². The predicted octanol–water partition coefficient (Wildman–Crippen LogP) is 2.06. The van der Waals surface area contributed by atoms with Gasteiger partial charge in [-0.25, -0.2) is 4.79 Å². The number of hydrogen-bond donors (Lipinski definition) is 1. The summed E-state index contributed by atoms with van der Waals surface area (Å²) in [6.07, 6.45) is 0.836. The number of carbonyl (C=O) groups is 2. The van der Waals surface area contributed by atoms with Crippen LogP contribution in [0.2, 0.25) is 0 Å². The van der Waals surface area contributed by atoms with Gasteiger partial charge in [0.2, 0.25) is 0 Å². The van der Waals surface area contributed by atoms with Crippen molar-refractivity contribution in [1.82, 2.24) is 0 Å². The number of carboxylic acid groups (broad SMARTS) is 1. The molecule has 0 saturated carbocycles. The zero-order valence-corrected chi connectivity index (χ0v) is 10.7. The zero-order valence-electron chi connectivity index (χ0n) is 10.7. The Hall–Kier alpha value is -2.30. The van der Waals surface area contributed by atoms with Gasteiger partial charge < -0.3 is 14.6 Å². The molecule has 0 radical (unpaired) electrons. The van der Waals surface area contributed by atoms with Gasteiger partial charge >= 0.3 is 5.97 Å². The molecule has 0 aliphatic carbocycles. The molecule has 1 aliphatic rings.